The summed E-state index contributed by atoms with van der Waals surface area (Å²) < 4.78 is 145. The minimum atomic E-state index is -5.34. The van der Waals surface area contributed by atoms with Crippen LogP contribution in [0.2, 0.25) is 5.02 Å². The summed E-state index contributed by atoms with van der Waals surface area (Å²) in [6.07, 6.45) is -16.0. The molecule has 0 unspecified atom stereocenters. The minimum Gasteiger partial charge on any atom is -0.403 e. The van der Waals surface area contributed by atoms with Crippen molar-refractivity contribution < 1.29 is 52.7 Å². The van der Waals surface area contributed by atoms with Crippen LogP contribution in [0.1, 0.15) is 11.1 Å². The van der Waals surface area contributed by atoms with E-state index in [9.17, 15) is 47.9 Å². The number of halogens is 10. The maximum atomic E-state index is 12.9. The molecule has 166 valence electrons. The first kappa shape index (κ1) is 23.9. The molecule has 0 radical (unpaired) electrons. The second kappa shape index (κ2) is 7.72. The lowest BCUT2D eigenvalue weighted by molar-refractivity contribution is -0.274. The molecule has 0 bridgehead atoms. The van der Waals surface area contributed by atoms with E-state index >= 15 is 0 Å². The van der Waals surface area contributed by atoms with E-state index in [2.05, 4.69) is 4.74 Å². The lowest BCUT2D eigenvalue weighted by Crippen LogP contribution is -2.20. The molecule has 0 aromatic heterocycles. The third kappa shape index (κ3) is 6.08. The Morgan fingerprint density at radius 3 is 1.73 bits per heavy atom. The summed E-state index contributed by atoms with van der Waals surface area (Å²) in [5.74, 6) is -1.18. The average molecular weight is 488 g/mol. The SMILES string of the molecule is O=S(=O)(Nc1ccc(Cl)cc1OC(F)(F)F)c1cc(C(F)(F)F)cc(C(F)(F)F)c1. The monoisotopic (exact) mass is 487 g/mol. The Kier molecular flexibility index (Phi) is 6.16. The first-order chi connectivity index (χ1) is 13.4. The van der Waals surface area contributed by atoms with Gasteiger partial charge in [-0.25, -0.2) is 8.42 Å². The number of rotatable bonds is 4. The molecule has 0 heterocycles. The highest BCUT2D eigenvalue weighted by Crippen LogP contribution is 2.39. The number of sulfonamides is 1. The van der Waals surface area contributed by atoms with E-state index in [0.29, 0.717) is 12.1 Å². The summed E-state index contributed by atoms with van der Waals surface area (Å²) >= 11 is 5.50. The zero-order valence-corrected chi connectivity index (χ0v) is 15.4. The van der Waals surface area contributed by atoms with Crippen LogP contribution < -0.4 is 9.46 Å². The fraction of sp³-hybridized carbons (Fsp3) is 0.200. The van der Waals surface area contributed by atoms with Gasteiger partial charge in [0, 0.05) is 11.1 Å². The number of benzene rings is 2. The van der Waals surface area contributed by atoms with E-state index in [1.807, 2.05) is 0 Å². The van der Waals surface area contributed by atoms with Crippen LogP contribution in [0.25, 0.3) is 0 Å². The summed E-state index contributed by atoms with van der Waals surface area (Å²) in [5.41, 5.74) is -4.79. The molecule has 0 aliphatic carbocycles. The molecule has 0 amide bonds. The van der Waals surface area contributed by atoms with Crippen molar-refractivity contribution in [2.24, 2.45) is 0 Å². The van der Waals surface area contributed by atoms with E-state index in [1.165, 1.54) is 4.72 Å². The van der Waals surface area contributed by atoms with E-state index in [0.717, 1.165) is 6.07 Å². The van der Waals surface area contributed by atoms with Crippen molar-refractivity contribution in [3.63, 3.8) is 0 Å². The van der Waals surface area contributed by atoms with Gasteiger partial charge in [0.1, 0.15) is 0 Å². The summed E-state index contributed by atoms with van der Waals surface area (Å²) in [7, 11) is -5.21. The molecule has 4 nitrogen and oxygen atoms in total. The maximum Gasteiger partial charge on any atom is 0.573 e. The van der Waals surface area contributed by atoms with Gasteiger partial charge in [0.15, 0.2) is 5.75 Å². The highest BCUT2D eigenvalue weighted by Gasteiger charge is 2.38. The van der Waals surface area contributed by atoms with Gasteiger partial charge in [-0.05, 0) is 30.3 Å². The van der Waals surface area contributed by atoms with Gasteiger partial charge in [0.25, 0.3) is 10.0 Å². The Morgan fingerprint density at radius 2 is 1.30 bits per heavy atom. The van der Waals surface area contributed by atoms with Crippen LogP contribution in [0.15, 0.2) is 41.3 Å². The highest BCUT2D eigenvalue weighted by molar-refractivity contribution is 7.92. The van der Waals surface area contributed by atoms with E-state index in [1.54, 1.807) is 0 Å². The Morgan fingerprint density at radius 1 is 0.800 bits per heavy atom. The van der Waals surface area contributed by atoms with Gasteiger partial charge < -0.3 is 4.74 Å². The minimum absolute atomic E-state index is 0.0994. The van der Waals surface area contributed by atoms with Gasteiger partial charge in [-0.15, -0.1) is 13.2 Å². The molecule has 0 aliphatic rings. The normalized spacial score (nSPS) is 13.3. The quantitative estimate of drug-likeness (QED) is 0.532. The molecule has 30 heavy (non-hydrogen) atoms. The Bertz CT molecular complexity index is 1010. The van der Waals surface area contributed by atoms with Gasteiger partial charge >= 0.3 is 18.7 Å². The Hall–Kier alpha value is -2.35. The molecule has 0 aliphatic heterocycles. The van der Waals surface area contributed by atoms with Gasteiger partial charge in [-0.2, -0.15) is 26.3 Å². The predicted molar refractivity (Wildman–Crippen MR) is 85.4 cm³/mol. The predicted octanol–water partition coefficient (Wildman–Crippen LogP) is 6.08. The average Bonchev–Trinajstić information content (AvgIpc) is 2.54. The van der Waals surface area contributed by atoms with E-state index in [-0.39, 0.29) is 23.2 Å². The van der Waals surface area contributed by atoms with Crippen molar-refractivity contribution in [3.05, 3.63) is 52.5 Å². The van der Waals surface area contributed by atoms with Gasteiger partial charge in [0.2, 0.25) is 0 Å². The molecule has 1 N–H and O–H groups in total. The molecule has 15 heteroatoms. The number of hydrogen-bond acceptors (Lipinski definition) is 3. The molecule has 2 aromatic carbocycles. The van der Waals surface area contributed by atoms with Crippen molar-refractivity contribution in [2.45, 2.75) is 23.6 Å². The summed E-state index contributed by atoms with van der Waals surface area (Å²) in [4.78, 5) is -1.49. The van der Waals surface area contributed by atoms with Crippen LogP contribution in [0, 0.1) is 0 Å². The fourth-order valence-electron chi connectivity index (χ4n) is 2.07. The van der Waals surface area contributed by atoms with Crippen LogP contribution >= 0.6 is 11.6 Å². The topological polar surface area (TPSA) is 55.4 Å². The number of anilines is 1. The second-order valence-electron chi connectivity index (χ2n) is 5.54. The Labute approximate surface area is 167 Å². The molecule has 2 aromatic rings. The smallest absolute Gasteiger partial charge is 0.403 e. The van der Waals surface area contributed by atoms with Gasteiger partial charge in [0.05, 0.1) is 21.7 Å². The third-order valence-corrected chi connectivity index (χ3v) is 4.87. The summed E-state index contributed by atoms with van der Waals surface area (Å²) in [6.45, 7) is 0. The Balaban J connectivity index is 2.58. The molecule has 0 fully saturated rings. The first-order valence-corrected chi connectivity index (χ1v) is 9.12. The number of ether oxygens (including phenoxy) is 1. The summed E-state index contributed by atoms with van der Waals surface area (Å²) in [5, 5.41) is -0.323. The molecule has 0 saturated heterocycles. The standard InChI is InChI=1S/C15H7ClF9NO3S/c16-9-1-2-11(12(6-9)29-15(23,24)25)26-30(27,28)10-4-7(13(17,18)19)3-8(5-10)14(20,21)22/h1-6,26H. The van der Waals surface area contributed by atoms with Crippen LogP contribution in [-0.2, 0) is 22.4 Å². The molecule has 2 rings (SSSR count). The van der Waals surface area contributed by atoms with Crippen LogP contribution in [0.5, 0.6) is 5.75 Å². The second-order valence-corrected chi connectivity index (χ2v) is 7.65. The maximum absolute atomic E-state index is 12.9. The van der Waals surface area contributed by atoms with E-state index in [4.69, 9.17) is 11.6 Å². The lowest BCUT2D eigenvalue weighted by Gasteiger charge is -2.17. The van der Waals surface area contributed by atoms with Crippen molar-refractivity contribution in [2.75, 3.05) is 4.72 Å². The van der Waals surface area contributed by atoms with Gasteiger partial charge in [-0.3, -0.25) is 4.72 Å². The lowest BCUT2D eigenvalue weighted by atomic mass is 10.1. The number of hydrogen-bond donors (Lipinski definition) is 1. The van der Waals surface area contributed by atoms with Crippen molar-refractivity contribution in [3.8, 4) is 5.75 Å². The molecular weight excluding hydrogens is 481 g/mol. The number of alkyl halides is 9. The number of nitrogens with one attached hydrogen (secondary N) is 1. The van der Waals surface area contributed by atoms with Crippen LogP contribution in [0.4, 0.5) is 45.2 Å². The van der Waals surface area contributed by atoms with Gasteiger partial charge in [-0.1, -0.05) is 11.6 Å². The van der Waals surface area contributed by atoms with Crippen molar-refractivity contribution in [1.82, 2.24) is 0 Å². The highest BCUT2D eigenvalue weighted by atomic mass is 35.5. The zero-order valence-electron chi connectivity index (χ0n) is 13.9. The molecule has 0 atom stereocenters. The molecular formula is C15H7ClF9NO3S. The van der Waals surface area contributed by atoms with E-state index < -0.39 is 56.2 Å². The van der Waals surface area contributed by atoms with Crippen LogP contribution in [-0.4, -0.2) is 14.8 Å². The summed E-state index contributed by atoms with van der Waals surface area (Å²) in [6, 6.07) is 1.63. The van der Waals surface area contributed by atoms with Crippen LogP contribution in [0.3, 0.4) is 0 Å². The third-order valence-electron chi connectivity index (χ3n) is 3.29. The largest absolute Gasteiger partial charge is 0.573 e. The molecule has 0 spiro atoms. The first-order valence-electron chi connectivity index (χ1n) is 7.26. The van der Waals surface area contributed by atoms with Crippen molar-refractivity contribution >= 4 is 27.3 Å². The zero-order chi connectivity index (χ0) is 23.1. The fourth-order valence-corrected chi connectivity index (χ4v) is 3.38. The molecule has 0 saturated carbocycles. The van der Waals surface area contributed by atoms with Crippen molar-refractivity contribution in [1.29, 1.82) is 0 Å².